The van der Waals surface area contributed by atoms with Crippen LogP contribution in [0.15, 0.2) is 24.3 Å². The minimum atomic E-state index is -0.217. The first-order valence-corrected chi connectivity index (χ1v) is 13.4. The van der Waals surface area contributed by atoms with Crippen molar-refractivity contribution in [1.29, 1.82) is 0 Å². The molecule has 1 saturated carbocycles. The summed E-state index contributed by atoms with van der Waals surface area (Å²) < 4.78 is 10.7. The molecule has 1 aromatic carbocycles. The monoisotopic (exact) mass is 530 g/mol. The van der Waals surface area contributed by atoms with Crippen LogP contribution >= 0.6 is 0 Å². The molecule has 0 atom stereocenters. The third kappa shape index (κ3) is 10.7. The predicted octanol–water partition coefficient (Wildman–Crippen LogP) is 1.74. The van der Waals surface area contributed by atoms with Gasteiger partial charge >= 0.3 is 0 Å². The van der Waals surface area contributed by atoms with Crippen LogP contribution in [0.4, 0.5) is 17.8 Å². The van der Waals surface area contributed by atoms with E-state index >= 15 is 0 Å². The Kier molecular flexibility index (Phi) is 12.4. The van der Waals surface area contributed by atoms with E-state index in [4.69, 9.17) is 15.2 Å². The molecule has 1 aliphatic carbocycles. The van der Waals surface area contributed by atoms with Crippen LogP contribution in [-0.2, 0) is 16.0 Å². The first kappa shape index (κ1) is 29.5. The molecule has 0 unspecified atom stereocenters. The number of nitrogens with zero attached hydrogens (tertiary/aromatic N) is 3. The van der Waals surface area contributed by atoms with E-state index in [-0.39, 0.29) is 24.1 Å². The fourth-order valence-corrected chi connectivity index (χ4v) is 3.94. The first-order chi connectivity index (χ1) is 18.4. The van der Waals surface area contributed by atoms with Gasteiger partial charge in [0.05, 0.1) is 32.5 Å². The highest BCUT2D eigenvalue weighted by Gasteiger charge is 2.20. The second kappa shape index (κ2) is 16.0. The minimum Gasteiger partial charge on any atom is -0.393 e. The van der Waals surface area contributed by atoms with Gasteiger partial charge in [0.1, 0.15) is 0 Å². The summed E-state index contributed by atoms with van der Waals surface area (Å²) in [6.45, 7) is 7.34. The van der Waals surface area contributed by atoms with Crippen LogP contribution < -0.4 is 27.0 Å². The molecule has 1 aromatic heterocycles. The normalized spacial score (nSPS) is 17.3. The van der Waals surface area contributed by atoms with Gasteiger partial charge in [0.25, 0.3) is 5.91 Å². The molecule has 0 radical (unpaired) electrons. The van der Waals surface area contributed by atoms with Crippen molar-refractivity contribution in [3.8, 4) is 0 Å². The van der Waals surface area contributed by atoms with Gasteiger partial charge in [-0.05, 0) is 57.2 Å². The maximum absolute atomic E-state index is 12.4. The van der Waals surface area contributed by atoms with Crippen LogP contribution in [0, 0.1) is 0 Å². The number of aliphatic hydroxyl groups excluding tert-OH is 1. The van der Waals surface area contributed by atoms with Crippen LogP contribution in [0.5, 0.6) is 0 Å². The van der Waals surface area contributed by atoms with Gasteiger partial charge in [0.15, 0.2) is 0 Å². The Morgan fingerprint density at radius 2 is 1.63 bits per heavy atom. The molecule has 210 valence electrons. The topological polar surface area (TPSA) is 169 Å². The number of carbonyl (C=O) groups is 1. The number of hydrogen-bond donors (Lipinski definition) is 6. The van der Waals surface area contributed by atoms with E-state index in [9.17, 15) is 9.90 Å². The number of carbonyl (C=O) groups excluding carboxylic acids is 1. The summed E-state index contributed by atoms with van der Waals surface area (Å²) in [6, 6.07) is 7.77. The van der Waals surface area contributed by atoms with Crippen LogP contribution in [0.2, 0.25) is 0 Å². The van der Waals surface area contributed by atoms with E-state index in [0.717, 1.165) is 31.2 Å². The zero-order chi connectivity index (χ0) is 27.2. The standard InChI is InChI=1S/C26H42N8O4/c1-18(2)30-25-32-24(33-26(34-25)31-21-7-9-22(35)10-8-21)29-17-19-3-5-20(6-4-19)23(36)28-12-14-38-16-15-37-13-11-27/h3-6,18,21-22,35H,7-17,27H2,1-2H3,(H,28,36)(H3,29,30,31,32,33,34). The highest BCUT2D eigenvalue weighted by Crippen LogP contribution is 2.22. The van der Waals surface area contributed by atoms with Crippen molar-refractivity contribution in [2.75, 3.05) is 55.5 Å². The summed E-state index contributed by atoms with van der Waals surface area (Å²) in [4.78, 5) is 25.9. The average molecular weight is 531 g/mol. The Morgan fingerprint density at radius 3 is 2.32 bits per heavy atom. The maximum atomic E-state index is 12.4. The van der Waals surface area contributed by atoms with E-state index < -0.39 is 0 Å². The Labute approximate surface area is 224 Å². The smallest absolute Gasteiger partial charge is 0.251 e. The molecule has 12 nitrogen and oxygen atoms in total. The molecule has 7 N–H and O–H groups in total. The van der Waals surface area contributed by atoms with Crippen LogP contribution in [0.3, 0.4) is 0 Å². The molecule has 0 saturated heterocycles. The van der Waals surface area contributed by atoms with Gasteiger partial charge in [-0.25, -0.2) is 0 Å². The number of benzene rings is 1. The molecule has 3 rings (SSSR count). The van der Waals surface area contributed by atoms with Gasteiger partial charge in [-0.15, -0.1) is 0 Å². The molecular weight excluding hydrogens is 488 g/mol. The molecule has 1 aliphatic rings. The van der Waals surface area contributed by atoms with Crippen LogP contribution in [-0.4, -0.2) is 83.7 Å². The van der Waals surface area contributed by atoms with Crippen LogP contribution in [0.1, 0.15) is 55.5 Å². The number of amides is 1. The van der Waals surface area contributed by atoms with Gasteiger partial charge < -0.3 is 41.6 Å². The summed E-state index contributed by atoms with van der Waals surface area (Å²) >= 11 is 0. The van der Waals surface area contributed by atoms with Crippen molar-refractivity contribution in [3.05, 3.63) is 35.4 Å². The molecule has 0 aliphatic heterocycles. The number of nitrogens with one attached hydrogen (secondary N) is 4. The zero-order valence-electron chi connectivity index (χ0n) is 22.4. The second-order valence-electron chi connectivity index (χ2n) is 9.57. The van der Waals surface area contributed by atoms with Crippen molar-refractivity contribution >= 4 is 23.8 Å². The summed E-state index contributed by atoms with van der Waals surface area (Å²) in [5, 5.41) is 22.5. The lowest BCUT2D eigenvalue weighted by Gasteiger charge is -2.26. The largest absolute Gasteiger partial charge is 0.393 e. The van der Waals surface area contributed by atoms with Crippen molar-refractivity contribution in [2.45, 2.75) is 64.3 Å². The summed E-state index contributed by atoms with van der Waals surface area (Å²) in [5.74, 6) is 1.30. The second-order valence-corrected chi connectivity index (χ2v) is 9.57. The maximum Gasteiger partial charge on any atom is 0.251 e. The molecular formula is C26H42N8O4. The SMILES string of the molecule is CC(C)Nc1nc(NCc2ccc(C(=O)NCCOCCOCCN)cc2)nc(NC2CCC(O)CC2)n1. The Balaban J connectivity index is 1.48. The van der Waals surface area contributed by atoms with Gasteiger partial charge in [0.2, 0.25) is 17.8 Å². The third-order valence-corrected chi connectivity index (χ3v) is 5.92. The number of aromatic nitrogens is 3. The summed E-state index contributed by atoms with van der Waals surface area (Å²) in [6.07, 6.45) is 3.08. The highest BCUT2D eigenvalue weighted by molar-refractivity contribution is 5.94. The molecule has 0 bridgehead atoms. The quantitative estimate of drug-likeness (QED) is 0.175. The molecule has 38 heavy (non-hydrogen) atoms. The van der Waals surface area contributed by atoms with Gasteiger partial charge in [-0.1, -0.05) is 12.1 Å². The Morgan fingerprint density at radius 1 is 0.974 bits per heavy atom. The Bertz CT molecular complexity index is 968. The third-order valence-electron chi connectivity index (χ3n) is 5.92. The van der Waals surface area contributed by atoms with E-state index in [1.165, 1.54) is 0 Å². The molecule has 1 amide bonds. The van der Waals surface area contributed by atoms with Crippen molar-refractivity contribution in [2.24, 2.45) is 5.73 Å². The zero-order valence-corrected chi connectivity index (χ0v) is 22.4. The van der Waals surface area contributed by atoms with Crippen LogP contribution in [0.25, 0.3) is 0 Å². The van der Waals surface area contributed by atoms with E-state index in [0.29, 0.717) is 69.5 Å². The van der Waals surface area contributed by atoms with Gasteiger partial charge in [-0.2, -0.15) is 15.0 Å². The Hall–Kier alpha value is -3.06. The van der Waals surface area contributed by atoms with E-state index in [1.54, 1.807) is 12.1 Å². The van der Waals surface area contributed by atoms with Crippen molar-refractivity contribution in [1.82, 2.24) is 20.3 Å². The van der Waals surface area contributed by atoms with Crippen molar-refractivity contribution in [3.63, 3.8) is 0 Å². The minimum absolute atomic E-state index is 0.152. The number of hydrogen-bond acceptors (Lipinski definition) is 11. The van der Waals surface area contributed by atoms with E-state index in [2.05, 4.69) is 36.2 Å². The molecule has 2 aromatic rings. The fraction of sp³-hybridized carbons (Fsp3) is 0.615. The number of aliphatic hydroxyl groups is 1. The number of rotatable bonds is 16. The summed E-state index contributed by atoms with van der Waals surface area (Å²) in [7, 11) is 0. The number of ether oxygens (including phenoxy) is 2. The lowest BCUT2D eigenvalue weighted by molar-refractivity contribution is 0.0511. The highest BCUT2D eigenvalue weighted by atomic mass is 16.5. The first-order valence-electron chi connectivity index (χ1n) is 13.4. The predicted molar refractivity (Wildman–Crippen MR) is 147 cm³/mol. The van der Waals surface area contributed by atoms with Gasteiger partial charge in [-0.3, -0.25) is 4.79 Å². The molecule has 1 fully saturated rings. The van der Waals surface area contributed by atoms with Gasteiger partial charge in [0, 0.05) is 37.3 Å². The lowest BCUT2D eigenvalue weighted by Crippen LogP contribution is -2.29. The summed E-state index contributed by atoms with van der Waals surface area (Å²) in [5.41, 5.74) is 6.91. The lowest BCUT2D eigenvalue weighted by atomic mass is 9.93. The van der Waals surface area contributed by atoms with E-state index in [1.807, 2.05) is 26.0 Å². The number of nitrogens with two attached hydrogens (primary N) is 1. The number of anilines is 3. The van der Waals surface area contributed by atoms with Crippen molar-refractivity contribution < 1.29 is 19.4 Å². The molecule has 12 heteroatoms. The molecule has 1 heterocycles. The average Bonchev–Trinajstić information content (AvgIpc) is 2.90. The fourth-order valence-electron chi connectivity index (χ4n) is 3.94. The molecule has 0 spiro atoms.